The van der Waals surface area contributed by atoms with Crippen molar-refractivity contribution < 1.29 is 18.9 Å². The quantitative estimate of drug-likeness (QED) is 0.204. The SMILES string of the molecule is Cc1c(COc2cccc(OCCCC3CCOCC3)c2)nc2ccccc2c1OCc1ccccc1. The predicted molar refractivity (Wildman–Crippen MR) is 146 cm³/mol. The largest absolute Gasteiger partial charge is 0.493 e. The molecule has 3 aromatic carbocycles. The number of hydrogen-bond donors (Lipinski definition) is 0. The van der Waals surface area contributed by atoms with Crippen LogP contribution in [0.5, 0.6) is 17.2 Å². The average molecular weight is 498 g/mol. The number of aromatic nitrogens is 1. The number of rotatable bonds is 11. The zero-order valence-corrected chi connectivity index (χ0v) is 21.5. The van der Waals surface area contributed by atoms with Gasteiger partial charge in [0.1, 0.15) is 30.5 Å². The standard InChI is InChI=1S/C32H35NO4/c1-24-31(33-30-15-6-5-14-29(30)32(24)37-22-26-9-3-2-4-10-26)23-36-28-13-7-12-27(21-28)35-18-8-11-25-16-19-34-20-17-25/h2-7,9-10,12-15,21,25H,8,11,16-20,22-23H2,1H3. The van der Waals surface area contributed by atoms with Gasteiger partial charge in [-0.15, -0.1) is 0 Å². The van der Waals surface area contributed by atoms with E-state index >= 15 is 0 Å². The molecule has 4 aromatic rings. The molecule has 5 nitrogen and oxygen atoms in total. The van der Waals surface area contributed by atoms with Gasteiger partial charge in [0.25, 0.3) is 0 Å². The highest BCUT2D eigenvalue weighted by Gasteiger charge is 2.15. The summed E-state index contributed by atoms with van der Waals surface area (Å²) < 4.78 is 24.0. The molecule has 0 unspecified atom stereocenters. The average Bonchev–Trinajstić information content (AvgIpc) is 2.95. The fourth-order valence-electron chi connectivity index (χ4n) is 4.78. The van der Waals surface area contributed by atoms with Gasteiger partial charge in [-0.2, -0.15) is 0 Å². The summed E-state index contributed by atoms with van der Waals surface area (Å²) in [6.07, 6.45) is 4.60. The highest BCUT2D eigenvalue weighted by molar-refractivity contribution is 5.86. The van der Waals surface area contributed by atoms with Gasteiger partial charge >= 0.3 is 0 Å². The molecule has 0 spiro atoms. The molecule has 1 saturated heterocycles. The Labute approximate surface area is 219 Å². The molecule has 5 heteroatoms. The highest BCUT2D eigenvalue weighted by Crippen LogP contribution is 2.32. The van der Waals surface area contributed by atoms with Crippen molar-refractivity contribution in [2.75, 3.05) is 19.8 Å². The molecule has 0 saturated carbocycles. The van der Waals surface area contributed by atoms with Crippen LogP contribution < -0.4 is 14.2 Å². The van der Waals surface area contributed by atoms with Gasteiger partial charge in [0, 0.05) is 30.2 Å². The number of ether oxygens (including phenoxy) is 4. The number of fused-ring (bicyclic) bond motifs is 1. The Morgan fingerprint density at radius 3 is 2.41 bits per heavy atom. The summed E-state index contributed by atoms with van der Waals surface area (Å²) in [6.45, 7) is 5.42. The second-order valence-corrected chi connectivity index (χ2v) is 9.61. The lowest BCUT2D eigenvalue weighted by Gasteiger charge is -2.21. The minimum absolute atomic E-state index is 0.353. The van der Waals surface area contributed by atoms with Gasteiger partial charge in [-0.05, 0) is 68.4 Å². The lowest BCUT2D eigenvalue weighted by atomic mass is 9.95. The maximum Gasteiger partial charge on any atom is 0.134 e. The van der Waals surface area contributed by atoms with E-state index in [4.69, 9.17) is 23.9 Å². The van der Waals surface area contributed by atoms with E-state index in [9.17, 15) is 0 Å². The Morgan fingerprint density at radius 1 is 0.811 bits per heavy atom. The van der Waals surface area contributed by atoms with E-state index < -0.39 is 0 Å². The lowest BCUT2D eigenvalue weighted by molar-refractivity contribution is 0.0620. The zero-order chi connectivity index (χ0) is 25.3. The number of para-hydroxylation sites is 1. The first-order valence-electron chi connectivity index (χ1n) is 13.2. The molecule has 1 aromatic heterocycles. The van der Waals surface area contributed by atoms with Crippen LogP contribution in [0.2, 0.25) is 0 Å². The van der Waals surface area contributed by atoms with E-state index in [1.807, 2.05) is 60.7 Å². The molecule has 1 aliphatic heterocycles. The van der Waals surface area contributed by atoms with Crippen LogP contribution in [0.4, 0.5) is 0 Å². The molecule has 2 heterocycles. The zero-order valence-electron chi connectivity index (χ0n) is 21.5. The maximum atomic E-state index is 6.32. The first-order valence-corrected chi connectivity index (χ1v) is 13.2. The van der Waals surface area contributed by atoms with Crippen LogP contribution in [0, 0.1) is 12.8 Å². The minimum atomic E-state index is 0.353. The van der Waals surface area contributed by atoms with Crippen molar-refractivity contribution in [3.63, 3.8) is 0 Å². The van der Waals surface area contributed by atoms with Crippen molar-refractivity contribution >= 4 is 10.9 Å². The van der Waals surface area contributed by atoms with E-state index in [2.05, 4.69) is 25.1 Å². The van der Waals surface area contributed by atoms with Crippen molar-refractivity contribution in [3.05, 3.63) is 95.7 Å². The minimum Gasteiger partial charge on any atom is -0.493 e. The fourth-order valence-corrected chi connectivity index (χ4v) is 4.78. The van der Waals surface area contributed by atoms with Crippen LogP contribution in [-0.4, -0.2) is 24.8 Å². The number of hydrogen-bond acceptors (Lipinski definition) is 5. The summed E-state index contributed by atoms with van der Waals surface area (Å²) in [7, 11) is 0. The Balaban J connectivity index is 1.22. The molecular formula is C32H35NO4. The van der Waals surface area contributed by atoms with E-state index in [1.165, 1.54) is 19.3 Å². The van der Waals surface area contributed by atoms with Crippen LogP contribution in [0.15, 0.2) is 78.9 Å². The Bertz CT molecular complexity index is 1280. The molecule has 1 fully saturated rings. The van der Waals surface area contributed by atoms with Crippen LogP contribution in [0.3, 0.4) is 0 Å². The molecule has 0 radical (unpaired) electrons. The van der Waals surface area contributed by atoms with Crippen molar-refractivity contribution in [1.29, 1.82) is 0 Å². The molecular weight excluding hydrogens is 462 g/mol. The van der Waals surface area contributed by atoms with E-state index in [0.717, 1.165) is 70.5 Å². The van der Waals surface area contributed by atoms with Gasteiger partial charge < -0.3 is 18.9 Å². The van der Waals surface area contributed by atoms with Crippen molar-refractivity contribution in [3.8, 4) is 17.2 Å². The third-order valence-corrected chi connectivity index (χ3v) is 6.95. The fraction of sp³-hybridized carbons (Fsp3) is 0.344. The van der Waals surface area contributed by atoms with Gasteiger partial charge in [-0.25, -0.2) is 4.98 Å². The third kappa shape index (κ3) is 6.80. The maximum absolute atomic E-state index is 6.32. The second kappa shape index (κ2) is 12.6. The molecule has 0 atom stereocenters. The van der Waals surface area contributed by atoms with Crippen molar-refractivity contribution in [1.82, 2.24) is 4.98 Å². The number of nitrogens with zero attached hydrogens (tertiary/aromatic N) is 1. The molecule has 0 bridgehead atoms. The first-order chi connectivity index (χ1) is 18.3. The molecule has 0 N–H and O–H groups in total. The topological polar surface area (TPSA) is 49.8 Å². The molecule has 0 aliphatic carbocycles. The summed E-state index contributed by atoms with van der Waals surface area (Å²) in [5.41, 5.74) is 3.89. The first kappa shape index (κ1) is 25.1. The summed E-state index contributed by atoms with van der Waals surface area (Å²) in [4.78, 5) is 4.89. The van der Waals surface area contributed by atoms with E-state index in [-0.39, 0.29) is 0 Å². The molecule has 0 amide bonds. The Kier molecular flexibility index (Phi) is 8.54. The number of pyridine rings is 1. The normalized spacial score (nSPS) is 14.0. The van der Waals surface area contributed by atoms with Gasteiger partial charge in [0.2, 0.25) is 0 Å². The van der Waals surface area contributed by atoms with E-state index in [1.54, 1.807) is 0 Å². The van der Waals surface area contributed by atoms with Crippen LogP contribution in [0.1, 0.15) is 42.5 Å². The Hall–Kier alpha value is -3.57. The molecule has 5 rings (SSSR count). The van der Waals surface area contributed by atoms with Gasteiger partial charge in [-0.1, -0.05) is 48.5 Å². The molecule has 1 aliphatic rings. The molecule has 37 heavy (non-hydrogen) atoms. The van der Waals surface area contributed by atoms with Gasteiger partial charge in [0.05, 0.1) is 17.8 Å². The highest BCUT2D eigenvalue weighted by atomic mass is 16.5. The lowest BCUT2D eigenvalue weighted by Crippen LogP contribution is -2.16. The predicted octanol–water partition coefficient (Wildman–Crippen LogP) is 7.29. The van der Waals surface area contributed by atoms with Crippen molar-refractivity contribution in [2.24, 2.45) is 5.92 Å². The summed E-state index contributed by atoms with van der Waals surface area (Å²) in [5, 5.41) is 1.01. The second-order valence-electron chi connectivity index (χ2n) is 9.61. The van der Waals surface area contributed by atoms with E-state index in [0.29, 0.717) is 19.8 Å². The smallest absolute Gasteiger partial charge is 0.134 e. The van der Waals surface area contributed by atoms with Crippen LogP contribution in [-0.2, 0) is 18.0 Å². The summed E-state index contributed by atoms with van der Waals surface area (Å²) in [6, 6.07) is 26.2. The molecule has 192 valence electrons. The Morgan fingerprint density at radius 2 is 1.57 bits per heavy atom. The third-order valence-electron chi connectivity index (χ3n) is 6.95. The van der Waals surface area contributed by atoms with Gasteiger partial charge in [0.15, 0.2) is 0 Å². The van der Waals surface area contributed by atoms with Crippen molar-refractivity contribution in [2.45, 2.75) is 45.8 Å². The summed E-state index contributed by atoms with van der Waals surface area (Å²) >= 11 is 0. The summed E-state index contributed by atoms with van der Waals surface area (Å²) in [5.74, 6) is 3.23. The van der Waals surface area contributed by atoms with Crippen LogP contribution in [0.25, 0.3) is 10.9 Å². The monoisotopic (exact) mass is 497 g/mol. The number of benzene rings is 3. The van der Waals surface area contributed by atoms with Crippen LogP contribution >= 0.6 is 0 Å². The van der Waals surface area contributed by atoms with Gasteiger partial charge in [-0.3, -0.25) is 0 Å².